The molecule has 1 unspecified atom stereocenters. The summed E-state index contributed by atoms with van der Waals surface area (Å²) in [7, 11) is 1.72. The average Bonchev–Trinajstić information content (AvgIpc) is 2.87. The van der Waals surface area contributed by atoms with Gasteiger partial charge in [-0.05, 0) is 33.0 Å². The number of halogens is 2. The number of likely N-dealkylation sites (N-methyl/N-ethyl adjacent to an activating group) is 1. The van der Waals surface area contributed by atoms with Crippen LogP contribution in [0.2, 0.25) is 5.02 Å². The summed E-state index contributed by atoms with van der Waals surface area (Å²) in [6, 6.07) is 5.64. The fourth-order valence-electron chi connectivity index (χ4n) is 1.93. The van der Waals surface area contributed by atoms with E-state index < -0.39 is 6.04 Å². The van der Waals surface area contributed by atoms with E-state index in [0.29, 0.717) is 22.2 Å². The summed E-state index contributed by atoms with van der Waals surface area (Å²) in [6.45, 7) is 3.67. The number of nitrogens with one attached hydrogen (secondary N) is 1. The van der Waals surface area contributed by atoms with Crippen LogP contribution in [0.1, 0.15) is 18.2 Å². The zero-order valence-electron chi connectivity index (χ0n) is 12.6. The number of aryl methyl sites for hydroxylation is 1. The quantitative estimate of drug-likeness (QED) is 0.917. The lowest BCUT2D eigenvalue weighted by Crippen LogP contribution is -2.39. The van der Waals surface area contributed by atoms with Crippen LogP contribution in [0.4, 0.5) is 10.2 Å². The molecule has 0 radical (unpaired) electrons. The van der Waals surface area contributed by atoms with Crippen LogP contribution >= 0.6 is 11.6 Å². The first kappa shape index (κ1) is 16.5. The highest BCUT2D eigenvalue weighted by Gasteiger charge is 2.21. The highest BCUT2D eigenvalue weighted by molar-refractivity contribution is 6.31. The maximum atomic E-state index is 13.8. The molecular formula is C15H17ClFN3O2. The van der Waals surface area contributed by atoms with Crippen molar-refractivity contribution in [3.05, 3.63) is 46.4 Å². The third-order valence-electron chi connectivity index (χ3n) is 3.39. The topological polar surface area (TPSA) is 58.4 Å². The molecule has 0 aliphatic heterocycles. The molecular weight excluding hydrogens is 309 g/mol. The Morgan fingerprint density at radius 1 is 1.55 bits per heavy atom. The Kier molecular flexibility index (Phi) is 5.15. The summed E-state index contributed by atoms with van der Waals surface area (Å²) >= 11 is 6.00. The molecule has 1 amide bonds. The van der Waals surface area contributed by atoms with E-state index in [1.165, 1.54) is 6.07 Å². The Bertz CT molecular complexity index is 654. The van der Waals surface area contributed by atoms with Gasteiger partial charge >= 0.3 is 0 Å². The molecule has 1 aromatic heterocycles. The van der Waals surface area contributed by atoms with Gasteiger partial charge in [-0.15, -0.1) is 0 Å². The van der Waals surface area contributed by atoms with Crippen molar-refractivity contribution >= 4 is 23.3 Å². The summed E-state index contributed by atoms with van der Waals surface area (Å²) in [6.07, 6.45) is 0. The zero-order chi connectivity index (χ0) is 16.3. The van der Waals surface area contributed by atoms with Crippen molar-refractivity contribution < 1.29 is 13.7 Å². The van der Waals surface area contributed by atoms with Crippen molar-refractivity contribution in [2.45, 2.75) is 26.4 Å². The second kappa shape index (κ2) is 6.89. The molecule has 2 aromatic rings. The smallest absolute Gasteiger partial charge is 0.242 e. The number of benzene rings is 1. The maximum absolute atomic E-state index is 13.8. The van der Waals surface area contributed by atoms with Gasteiger partial charge in [0.25, 0.3) is 0 Å². The predicted molar refractivity (Wildman–Crippen MR) is 82.2 cm³/mol. The molecule has 1 N–H and O–H groups in total. The van der Waals surface area contributed by atoms with Crippen molar-refractivity contribution in [3.8, 4) is 0 Å². The van der Waals surface area contributed by atoms with E-state index >= 15 is 0 Å². The molecule has 0 saturated heterocycles. The summed E-state index contributed by atoms with van der Waals surface area (Å²) in [5, 5.41) is 6.69. The average molecular weight is 326 g/mol. The van der Waals surface area contributed by atoms with E-state index in [1.54, 1.807) is 44.0 Å². The molecule has 118 valence electrons. The molecule has 22 heavy (non-hydrogen) atoms. The van der Waals surface area contributed by atoms with Gasteiger partial charge in [-0.1, -0.05) is 22.8 Å². The van der Waals surface area contributed by atoms with Crippen LogP contribution < -0.4 is 5.32 Å². The van der Waals surface area contributed by atoms with Gasteiger partial charge in [0, 0.05) is 23.2 Å². The molecule has 1 atom stereocenters. The number of hydrogen-bond acceptors (Lipinski definition) is 4. The largest absolute Gasteiger partial charge is 0.360 e. The molecule has 2 rings (SSSR count). The van der Waals surface area contributed by atoms with E-state index in [1.807, 2.05) is 0 Å². The lowest BCUT2D eigenvalue weighted by atomic mass is 10.1. The first-order chi connectivity index (χ1) is 10.4. The first-order valence-corrected chi connectivity index (χ1v) is 7.13. The van der Waals surface area contributed by atoms with Crippen LogP contribution in [0.3, 0.4) is 0 Å². The van der Waals surface area contributed by atoms with E-state index in [2.05, 4.69) is 10.5 Å². The van der Waals surface area contributed by atoms with Crippen LogP contribution in [-0.2, 0) is 11.3 Å². The minimum Gasteiger partial charge on any atom is -0.360 e. The molecule has 0 saturated carbocycles. The Labute approximate surface area is 133 Å². The van der Waals surface area contributed by atoms with Gasteiger partial charge in [0.2, 0.25) is 5.91 Å². The highest BCUT2D eigenvalue weighted by Crippen LogP contribution is 2.21. The van der Waals surface area contributed by atoms with Crippen molar-refractivity contribution in [1.82, 2.24) is 10.1 Å². The Hall–Kier alpha value is -1.92. The molecule has 0 spiro atoms. The minimum absolute atomic E-state index is 0.220. The number of hydrogen-bond donors (Lipinski definition) is 1. The summed E-state index contributed by atoms with van der Waals surface area (Å²) < 4.78 is 18.7. The number of rotatable bonds is 5. The Morgan fingerprint density at radius 3 is 2.86 bits per heavy atom. The minimum atomic E-state index is -0.493. The third kappa shape index (κ3) is 3.84. The molecule has 7 heteroatoms. The van der Waals surface area contributed by atoms with Crippen molar-refractivity contribution in [3.63, 3.8) is 0 Å². The van der Waals surface area contributed by atoms with Crippen LogP contribution in [0, 0.1) is 12.7 Å². The van der Waals surface area contributed by atoms with Gasteiger partial charge < -0.3 is 9.84 Å². The van der Waals surface area contributed by atoms with Gasteiger partial charge in [0.1, 0.15) is 11.6 Å². The second-order valence-corrected chi connectivity index (χ2v) is 5.51. The summed E-state index contributed by atoms with van der Waals surface area (Å²) in [5.41, 5.74) is 0.364. The molecule has 1 aromatic carbocycles. The monoisotopic (exact) mass is 325 g/mol. The molecule has 0 fully saturated rings. The van der Waals surface area contributed by atoms with E-state index in [0.717, 1.165) is 0 Å². The van der Waals surface area contributed by atoms with Crippen molar-refractivity contribution in [2.75, 3.05) is 12.4 Å². The fraction of sp³-hybridized carbons (Fsp3) is 0.333. The Morgan fingerprint density at radius 2 is 2.27 bits per heavy atom. The molecule has 5 nitrogen and oxygen atoms in total. The van der Waals surface area contributed by atoms with Crippen LogP contribution in [0.25, 0.3) is 0 Å². The number of amides is 1. The molecule has 0 aliphatic carbocycles. The van der Waals surface area contributed by atoms with Gasteiger partial charge in [0.05, 0.1) is 6.04 Å². The van der Waals surface area contributed by atoms with Gasteiger partial charge in [-0.2, -0.15) is 0 Å². The second-order valence-electron chi connectivity index (χ2n) is 5.10. The predicted octanol–water partition coefficient (Wildman–Crippen LogP) is 3.23. The fourth-order valence-corrected chi connectivity index (χ4v) is 2.15. The van der Waals surface area contributed by atoms with Gasteiger partial charge in [0.15, 0.2) is 5.82 Å². The first-order valence-electron chi connectivity index (χ1n) is 6.75. The van der Waals surface area contributed by atoms with Gasteiger partial charge in [-0.25, -0.2) is 4.39 Å². The van der Waals surface area contributed by atoms with E-state index in [-0.39, 0.29) is 18.3 Å². The summed E-state index contributed by atoms with van der Waals surface area (Å²) in [4.78, 5) is 13.9. The number of aromatic nitrogens is 1. The van der Waals surface area contributed by atoms with Crippen LogP contribution in [-0.4, -0.2) is 29.1 Å². The van der Waals surface area contributed by atoms with E-state index in [9.17, 15) is 9.18 Å². The summed E-state index contributed by atoms with van der Waals surface area (Å²) in [5.74, 6) is 0.309. The maximum Gasteiger partial charge on any atom is 0.242 e. The number of carbonyl (C=O) groups is 1. The standard InChI is InChI=1S/C15H17ClFN3O2/c1-9-7-14(19-22-9)18-15(21)10(2)20(3)8-11-12(16)5-4-6-13(11)17/h4-7,10H,8H2,1-3H3,(H,18,19,21). The Balaban J connectivity index is 2.02. The number of anilines is 1. The molecule has 1 heterocycles. The van der Waals surface area contributed by atoms with Gasteiger partial charge in [-0.3, -0.25) is 9.69 Å². The highest BCUT2D eigenvalue weighted by atomic mass is 35.5. The molecule has 0 bridgehead atoms. The third-order valence-corrected chi connectivity index (χ3v) is 3.74. The number of nitrogens with zero attached hydrogens (tertiary/aromatic N) is 2. The van der Waals surface area contributed by atoms with Crippen molar-refractivity contribution in [1.29, 1.82) is 0 Å². The lowest BCUT2D eigenvalue weighted by molar-refractivity contribution is -0.120. The van der Waals surface area contributed by atoms with E-state index in [4.69, 9.17) is 16.1 Å². The molecule has 0 aliphatic rings. The zero-order valence-corrected chi connectivity index (χ0v) is 13.3. The SMILES string of the molecule is Cc1cc(NC(=O)C(C)N(C)Cc2c(F)cccc2Cl)no1. The van der Waals surface area contributed by atoms with Crippen molar-refractivity contribution in [2.24, 2.45) is 0 Å². The number of carbonyl (C=O) groups excluding carboxylic acids is 1. The normalized spacial score (nSPS) is 12.5. The van der Waals surface area contributed by atoms with Crippen LogP contribution in [0.15, 0.2) is 28.8 Å². The lowest BCUT2D eigenvalue weighted by Gasteiger charge is -2.24. The van der Waals surface area contributed by atoms with Crippen LogP contribution in [0.5, 0.6) is 0 Å².